The van der Waals surface area contributed by atoms with Gasteiger partial charge in [-0.15, -0.1) is 0 Å². The van der Waals surface area contributed by atoms with Gasteiger partial charge in [0.2, 0.25) is 0 Å². The van der Waals surface area contributed by atoms with Crippen LogP contribution in [0.3, 0.4) is 0 Å². The van der Waals surface area contributed by atoms with Gasteiger partial charge in [0.1, 0.15) is 12.2 Å². The Morgan fingerprint density at radius 2 is 1.92 bits per heavy atom. The van der Waals surface area contributed by atoms with Crippen molar-refractivity contribution >= 4 is 5.97 Å². The maximum absolute atomic E-state index is 12.5. The first-order valence-corrected chi connectivity index (χ1v) is 13.1. The Balaban J connectivity index is 1.70. The van der Waals surface area contributed by atoms with Gasteiger partial charge >= 0.3 is 5.97 Å². The summed E-state index contributed by atoms with van der Waals surface area (Å²) in [5.41, 5.74) is 2.24. The molecule has 0 saturated heterocycles. The van der Waals surface area contributed by atoms with E-state index in [1.807, 2.05) is 18.2 Å². The molecule has 6 heteroatoms. The van der Waals surface area contributed by atoms with Crippen molar-refractivity contribution in [2.75, 3.05) is 6.61 Å². The molecular weight excluding hydrogens is 456 g/mol. The number of carbonyl (C=O) groups is 1. The maximum Gasteiger partial charge on any atom is 0.330 e. The second kappa shape index (κ2) is 14.5. The predicted octanol–water partition coefficient (Wildman–Crippen LogP) is 4.89. The molecule has 6 nitrogen and oxygen atoms in total. The summed E-state index contributed by atoms with van der Waals surface area (Å²) in [7, 11) is 0. The Morgan fingerprint density at radius 3 is 2.72 bits per heavy atom. The van der Waals surface area contributed by atoms with Crippen LogP contribution in [0.15, 0.2) is 72.4 Å². The van der Waals surface area contributed by atoms with Gasteiger partial charge in [0.15, 0.2) is 0 Å². The van der Waals surface area contributed by atoms with Crippen LogP contribution >= 0.6 is 0 Å². The van der Waals surface area contributed by atoms with Gasteiger partial charge in [-0.3, -0.25) is 0 Å². The Bertz CT molecular complexity index is 882. The molecule has 2 bridgehead atoms. The van der Waals surface area contributed by atoms with Crippen LogP contribution in [-0.2, 0) is 19.0 Å². The molecule has 0 spiro atoms. The van der Waals surface area contributed by atoms with E-state index >= 15 is 0 Å². The number of aliphatic hydroxyl groups excluding tert-OH is 2. The average molecular weight is 499 g/mol. The molecule has 2 N–H and O–H groups in total. The second-order valence-corrected chi connectivity index (χ2v) is 10.3. The van der Waals surface area contributed by atoms with E-state index in [0.717, 1.165) is 31.3 Å². The van der Waals surface area contributed by atoms with Crippen LogP contribution in [0.4, 0.5) is 0 Å². The van der Waals surface area contributed by atoms with Gasteiger partial charge in [0, 0.05) is 12.5 Å². The lowest BCUT2D eigenvalue weighted by Gasteiger charge is -2.28. The molecule has 3 aliphatic heterocycles. The molecule has 0 saturated carbocycles. The molecule has 3 aliphatic rings. The summed E-state index contributed by atoms with van der Waals surface area (Å²) >= 11 is 0. The summed E-state index contributed by atoms with van der Waals surface area (Å²) in [5, 5.41) is 21.3. The SMILES string of the molecule is C=C1CC(C)C[C@@H]2CC=C[C@@H](C/C=C/C(=O)O[C@H]([C@@H](O)/C=C/[C@@H]3CC(C)=CCO3)C/C=C/[C@H](O)C1)O2. The van der Waals surface area contributed by atoms with Gasteiger partial charge in [-0.05, 0) is 51.4 Å². The fourth-order valence-electron chi connectivity index (χ4n) is 4.86. The molecule has 1 unspecified atom stereocenters. The lowest BCUT2D eigenvalue weighted by molar-refractivity contribution is -0.147. The largest absolute Gasteiger partial charge is 0.456 e. The number of hydrogen-bond donors (Lipinski definition) is 2. The highest BCUT2D eigenvalue weighted by Crippen LogP contribution is 2.26. The summed E-state index contributed by atoms with van der Waals surface area (Å²) < 4.78 is 17.5. The van der Waals surface area contributed by atoms with Gasteiger partial charge in [-0.1, -0.05) is 73.3 Å². The third kappa shape index (κ3) is 10.0. The first-order valence-electron chi connectivity index (χ1n) is 13.1. The topological polar surface area (TPSA) is 85.2 Å². The predicted molar refractivity (Wildman–Crippen MR) is 141 cm³/mol. The smallest absolute Gasteiger partial charge is 0.330 e. The van der Waals surface area contributed by atoms with Crippen LogP contribution < -0.4 is 0 Å². The molecule has 0 radical (unpaired) electrons. The highest BCUT2D eigenvalue weighted by Gasteiger charge is 2.23. The number of esters is 1. The van der Waals surface area contributed by atoms with Crippen molar-refractivity contribution in [1.82, 2.24) is 0 Å². The standard InChI is InChI=1S/C30H42O6/c1-21-15-16-34-26(19-21)13-14-28(32)29-11-4-7-24(31)18-22(2)17-23(3)20-27-10-5-8-25(35-27)9-6-12-30(33)36-29/h4-8,12-15,23-29,31-32H,2,9-11,16-20H2,1,3H3/b7-4+,12-6+,14-13+/t23?,24-,25-,26+,27-,28-,29-/m0/s1. The lowest BCUT2D eigenvalue weighted by Crippen LogP contribution is -2.30. The van der Waals surface area contributed by atoms with E-state index in [9.17, 15) is 15.0 Å². The molecule has 0 aromatic carbocycles. The highest BCUT2D eigenvalue weighted by molar-refractivity contribution is 5.82. The molecule has 3 rings (SSSR count). The molecule has 7 atom stereocenters. The van der Waals surface area contributed by atoms with E-state index in [0.29, 0.717) is 25.4 Å². The molecule has 36 heavy (non-hydrogen) atoms. The van der Waals surface area contributed by atoms with Crippen molar-refractivity contribution in [3.63, 3.8) is 0 Å². The first kappa shape index (κ1) is 28.3. The number of fused-ring (bicyclic) bond motifs is 2. The van der Waals surface area contributed by atoms with Crippen molar-refractivity contribution in [3.05, 3.63) is 72.4 Å². The van der Waals surface area contributed by atoms with Gasteiger partial charge in [0.05, 0.1) is 31.0 Å². The molecule has 0 aromatic rings. The van der Waals surface area contributed by atoms with Crippen molar-refractivity contribution in [1.29, 1.82) is 0 Å². The fourth-order valence-corrected chi connectivity index (χ4v) is 4.86. The molecular formula is C30H42O6. The van der Waals surface area contributed by atoms with Crippen LogP contribution in [0.1, 0.15) is 58.8 Å². The van der Waals surface area contributed by atoms with E-state index in [1.54, 1.807) is 24.3 Å². The molecule has 198 valence electrons. The van der Waals surface area contributed by atoms with E-state index in [2.05, 4.69) is 26.5 Å². The summed E-state index contributed by atoms with van der Waals surface area (Å²) in [4.78, 5) is 12.5. The highest BCUT2D eigenvalue weighted by atomic mass is 16.6. The van der Waals surface area contributed by atoms with E-state index in [4.69, 9.17) is 14.2 Å². The average Bonchev–Trinajstić information content (AvgIpc) is 2.81. The zero-order valence-electron chi connectivity index (χ0n) is 21.6. The number of aliphatic hydroxyl groups is 2. The third-order valence-electron chi connectivity index (χ3n) is 6.70. The van der Waals surface area contributed by atoms with E-state index in [-0.39, 0.29) is 24.7 Å². The minimum atomic E-state index is -1.01. The Morgan fingerprint density at radius 1 is 1.11 bits per heavy atom. The number of ether oxygens (including phenoxy) is 3. The van der Waals surface area contributed by atoms with Gasteiger partial charge in [-0.25, -0.2) is 4.79 Å². The van der Waals surface area contributed by atoms with Gasteiger partial charge in [0.25, 0.3) is 0 Å². The first-order chi connectivity index (χ1) is 17.3. The molecule has 3 heterocycles. The fraction of sp³-hybridized carbons (Fsp3) is 0.567. The maximum atomic E-state index is 12.5. The molecule has 0 fully saturated rings. The quantitative estimate of drug-likeness (QED) is 0.426. The van der Waals surface area contributed by atoms with E-state index in [1.165, 1.54) is 11.6 Å². The molecule has 0 aromatic heterocycles. The number of cyclic esters (lactones) is 1. The number of rotatable bonds is 3. The number of hydrogen-bond acceptors (Lipinski definition) is 6. The zero-order valence-corrected chi connectivity index (χ0v) is 21.6. The van der Waals surface area contributed by atoms with E-state index < -0.39 is 24.3 Å². The van der Waals surface area contributed by atoms with Crippen LogP contribution in [0, 0.1) is 5.92 Å². The minimum Gasteiger partial charge on any atom is -0.456 e. The van der Waals surface area contributed by atoms with Crippen molar-refractivity contribution in [3.8, 4) is 0 Å². The molecule has 0 aliphatic carbocycles. The molecule has 0 amide bonds. The van der Waals surface area contributed by atoms with Crippen LogP contribution in [0.5, 0.6) is 0 Å². The van der Waals surface area contributed by atoms with Gasteiger partial charge in [-0.2, -0.15) is 0 Å². The van der Waals surface area contributed by atoms with Crippen molar-refractivity contribution < 1.29 is 29.2 Å². The second-order valence-electron chi connectivity index (χ2n) is 10.3. The van der Waals surface area contributed by atoms with Crippen molar-refractivity contribution in [2.45, 2.75) is 95.4 Å². The summed E-state index contributed by atoms with van der Waals surface area (Å²) in [6.07, 6.45) is 18.5. The summed E-state index contributed by atoms with van der Waals surface area (Å²) in [5.74, 6) is -0.123. The summed E-state index contributed by atoms with van der Waals surface area (Å²) in [6.45, 7) is 8.95. The Hall–Kier alpha value is -2.25. The van der Waals surface area contributed by atoms with Crippen LogP contribution in [-0.4, -0.2) is 59.4 Å². The number of carbonyl (C=O) groups excluding carboxylic acids is 1. The third-order valence-corrected chi connectivity index (χ3v) is 6.70. The van der Waals surface area contributed by atoms with Crippen LogP contribution in [0.25, 0.3) is 0 Å². The Labute approximate surface area is 215 Å². The van der Waals surface area contributed by atoms with Crippen molar-refractivity contribution in [2.24, 2.45) is 5.92 Å². The minimum absolute atomic E-state index is 0.0795. The summed E-state index contributed by atoms with van der Waals surface area (Å²) in [6, 6.07) is 0. The normalized spacial score (nSPS) is 35.8. The lowest BCUT2D eigenvalue weighted by atomic mass is 9.91. The monoisotopic (exact) mass is 498 g/mol. The van der Waals surface area contributed by atoms with Crippen LogP contribution in [0.2, 0.25) is 0 Å². The zero-order chi connectivity index (χ0) is 25.9. The Kier molecular flexibility index (Phi) is 11.4. The van der Waals surface area contributed by atoms with Gasteiger partial charge < -0.3 is 24.4 Å².